The van der Waals surface area contributed by atoms with Gasteiger partial charge in [0.2, 0.25) is 5.91 Å². The zero-order chi connectivity index (χ0) is 19.5. The van der Waals surface area contributed by atoms with Gasteiger partial charge in [0.15, 0.2) is 5.16 Å². The van der Waals surface area contributed by atoms with Gasteiger partial charge < -0.3 is 20.4 Å². The number of ether oxygens (including phenoxy) is 1. The Morgan fingerprint density at radius 2 is 2.07 bits per heavy atom. The molecular weight excluding hydrogens is 378 g/mol. The molecule has 1 aliphatic carbocycles. The zero-order valence-electron chi connectivity index (χ0n) is 15.5. The van der Waals surface area contributed by atoms with Crippen LogP contribution < -0.4 is 11.1 Å². The number of para-hydroxylation sites is 1. The topological polar surface area (TPSA) is 112 Å². The third-order valence-corrected chi connectivity index (χ3v) is 5.86. The van der Waals surface area contributed by atoms with Crippen molar-refractivity contribution < 1.29 is 14.3 Å². The molecule has 9 heteroatoms. The molecule has 1 unspecified atom stereocenters. The highest BCUT2D eigenvalue weighted by molar-refractivity contribution is 7.99. The molecule has 8 nitrogen and oxygen atoms in total. The summed E-state index contributed by atoms with van der Waals surface area (Å²) in [7, 11) is 0. The maximum absolute atomic E-state index is 12.4. The molecule has 0 bridgehead atoms. The summed E-state index contributed by atoms with van der Waals surface area (Å²) in [5.41, 5.74) is 6.07. The predicted molar refractivity (Wildman–Crippen MR) is 105 cm³/mol. The van der Waals surface area contributed by atoms with Crippen molar-refractivity contribution in [2.24, 2.45) is 5.73 Å². The van der Waals surface area contributed by atoms with E-state index in [0.717, 1.165) is 49.8 Å². The van der Waals surface area contributed by atoms with Crippen LogP contribution in [0.2, 0.25) is 0 Å². The number of thioether (sulfide) groups is 1. The Morgan fingerprint density at radius 3 is 2.79 bits per heavy atom. The van der Waals surface area contributed by atoms with Crippen LogP contribution in [0.3, 0.4) is 0 Å². The summed E-state index contributed by atoms with van der Waals surface area (Å²) in [6.45, 7) is 1.53. The largest absolute Gasteiger partial charge is 0.376 e. The zero-order valence-corrected chi connectivity index (χ0v) is 16.3. The fraction of sp³-hybridized carbons (Fsp3) is 0.474. The molecule has 1 saturated carbocycles. The number of nitrogens with one attached hydrogen (secondary N) is 1. The van der Waals surface area contributed by atoms with Crippen LogP contribution in [0.25, 0.3) is 0 Å². The van der Waals surface area contributed by atoms with E-state index in [1.807, 2.05) is 0 Å². The molecule has 2 heterocycles. The summed E-state index contributed by atoms with van der Waals surface area (Å²) in [5, 5.41) is 12.2. The Hall–Kier alpha value is -2.39. The molecule has 1 atom stereocenters. The summed E-state index contributed by atoms with van der Waals surface area (Å²) in [4.78, 5) is 23.9. The second kappa shape index (κ2) is 8.32. The number of amides is 2. The van der Waals surface area contributed by atoms with Gasteiger partial charge in [0.05, 0.1) is 29.7 Å². The van der Waals surface area contributed by atoms with Crippen LogP contribution in [-0.4, -0.2) is 45.0 Å². The molecule has 1 saturated heterocycles. The Balaban J connectivity index is 1.42. The first-order valence-corrected chi connectivity index (χ1v) is 10.5. The molecule has 0 radical (unpaired) electrons. The van der Waals surface area contributed by atoms with Gasteiger partial charge in [-0.25, -0.2) is 0 Å². The Morgan fingerprint density at radius 1 is 1.25 bits per heavy atom. The van der Waals surface area contributed by atoms with Crippen molar-refractivity contribution in [3.63, 3.8) is 0 Å². The maximum atomic E-state index is 12.4. The lowest BCUT2D eigenvalue weighted by atomic mass is 10.1. The number of rotatable bonds is 8. The normalized spacial score (nSPS) is 18.9. The van der Waals surface area contributed by atoms with Gasteiger partial charge in [-0.15, -0.1) is 10.2 Å². The van der Waals surface area contributed by atoms with Crippen molar-refractivity contribution in [3.05, 3.63) is 35.7 Å². The van der Waals surface area contributed by atoms with Crippen molar-refractivity contribution >= 4 is 29.3 Å². The number of primary amides is 1. The molecule has 2 fully saturated rings. The van der Waals surface area contributed by atoms with Gasteiger partial charge in [0.1, 0.15) is 5.82 Å². The number of hydrogen-bond acceptors (Lipinski definition) is 6. The molecule has 4 rings (SSSR count). The number of nitrogens with two attached hydrogens (primary N) is 1. The second-order valence-corrected chi connectivity index (χ2v) is 8.05. The van der Waals surface area contributed by atoms with Crippen LogP contribution in [-0.2, 0) is 16.1 Å². The van der Waals surface area contributed by atoms with Crippen molar-refractivity contribution in [3.8, 4) is 0 Å². The number of anilines is 1. The van der Waals surface area contributed by atoms with Crippen LogP contribution in [0.15, 0.2) is 29.4 Å². The quantitative estimate of drug-likeness (QED) is 0.656. The van der Waals surface area contributed by atoms with Gasteiger partial charge in [-0.05, 0) is 37.8 Å². The van der Waals surface area contributed by atoms with E-state index in [1.165, 1.54) is 11.8 Å². The van der Waals surface area contributed by atoms with Crippen LogP contribution in [0.5, 0.6) is 0 Å². The van der Waals surface area contributed by atoms with E-state index in [2.05, 4.69) is 20.1 Å². The first-order chi connectivity index (χ1) is 13.6. The number of aromatic nitrogens is 3. The van der Waals surface area contributed by atoms with Crippen LogP contribution in [0, 0.1) is 0 Å². The molecule has 148 valence electrons. The molecular formula is C19H23N5O3S. The molecule has 3 N–H and O–H groups in total. The first kappa shape index (κ1) is 18.9. The molecule has 0 spiro atoms. The minimum atomic E-state index is -0.575. The first-order valence-electron chi connectivity index (χ1n) is 9.48. The van der Waals surface area contributed by atoms with Crippen LogP contribution >= 0.6 is 11.8 Å². The highest BCUT2D eigenvalue weighted by Crippen LogP contribution is 2.40. The van der Waals surface area contributed by atoms with Gasteiger partial charge in [0, 0.05) is 12.5 Å². The highest BCUT2D eigenvalue weighted by Gasteiger charge is 2.32. The predicted octanol–water partition coefficient (Wildman–Crippen LogP) is 2.16. The number of nitrogens with zero attached hydrogens (tertiary/aromatic N) is 3. The fourth-order valence-corrected chi connectivity index (χ4v) is 4.09. The fourth-order valence-electron chi connectivity index (χ4n) is 3.34. The highest BCUT2D eigenvalue weighted by atomic mass is 32.2. The number of carbonyl (C=O) groups is 2. The van der Waals surface area contributed by atoms with E-state index >= 15 is 0 Å². The number of carbonyl (C=O) groups excluding carboxylic acids is 2. The summed E-state index contributed by atoms with van der Waals surface area (Å²) in [5.74, 6) is 0.839. The Labute approximate surface area is 167 Å². The SMILES string of the molecule is NC(=O)c1ccccc1NC(=O)CSc1nnc(C2CC2)n1CC1CCCO1. The van der Waals surface area contributed by atoms with Crippen molar-refractivity contribution in [1.82, 2.24) is 14.8 Å². The van der Waals surface area contributed by atoms with Crippen molar-refractivity contribution in [2.45, 2.75) is 49.4 Å². The van der Waals surface area contributed by atoms with Crippen molar-refractivity contribution in [1.29, 1.82) is 0 Å². The Bertz CT molecular complexity index is 874. The van der Waals surface area contributed by atoms with Crippen molar-refractivity contribution in [2.75, 3.05) is 17.7 Å². The number of benzene rings is 1. The van der Waals surface area contributed by atoms with Gasteiger partial charge in [-0.2, -0.15) is 0 Å². The minimum Gasteiger partial charge on any atom is -0.376 e. The van der Waals surface area contributed by atoms with Gasteiger partial charge in [0.25, 0.3) is 5.91 Å². The van der Waals surface area contributed by atoms with Gasteiger partial charge in [-0.1, -0.05) is 23.9 Å². The molecule has 2 amide bonds. The molecule has 1 aromatic heterocycles. The van der Waals surface area contributed by atoms with E-state index in [0.29, 0.717) is 17.2 Å². The number of hydrogen-bond donors (Lipinski definition) is 2. The summed E-state index contributed by atoms with van der Waals surface area (Å²) in [6, 6.07) is 6.70. The van der Waals surface area contributed by atoms with E-state index < -0.39 is 5.91 Å². The molecule has 2 aliphatic rings. The van der Waals surface area contributed by atoms with E-state index in [4.69, 9.17) is 10.5 Å². The lowest BCUT2D eigenvalue weighted by Crippen LogP contribution is -2.20. The minimum absolute atomic E-state index is 0.168. The van der Waals surface area contributed by atoms with E-state index in [9.17, 15) is 9.59 Å². The second-order valence-electron chi connectivity index (χ2n) is 7.11. The lowest BCUT2D eigenvalue weighted by Gasteiger charge is -2.14. The molecule has 28 heavy (non-hydrogen) atoms. The lowest BCUT2D eigenvalue weighted by molar-refractivity contribution is -0.113. The van der Waals surface area contributed by atoms with Gasteiger partial charge in [-0.3, -0.25) is 9.59 Å². The van der Waals surface area contributed by atoms with E-state index in [1.54, 1.807) is 24.3 Å². The average molecular weight is 401 g/mol. The Kier molecular flexibility index (Phi) is 5.63. The summed E-state index contributed by atoms with van der Waals surface area (Å²) in [6.07, 6.45) is 4.58. The monoisotopic (exact) mass is 401 g/mol. The third-order valence-electron chi connectivity index (χ3n) is 4.90. The molecule has 2 aromatic rings. The maximum Gasteiger partial charge on any atom is 0.250 e. The third kappa shape index (κ3) is 4.36. The van der Waals surface area contributed by atoms with Crippen LogP contribution in [0.4, 0.5) is 5.69 Å². The summed E-state index contributed by atoms with van der Waals surface area (Å²) < 4.78 is 7.88. The van der Waals surface area contributed by atoms with Gasteiger partial charge >= 0.3 is 0 Å². The van der Waals surface area contributed by atoms with Crippen LogP contribution in [0.1, 0.15) is 47.8 Å². The summed E-state index contributed by atoms with van der Waals surface area (Å²) >= 11 is 1.34. The molecule has 1 aromatic carbocycles. The van der Waals surface area contributed by atoms with E-state index in [-0.39, 0.29) is 17.8 Å². The standard InChI is InChI=1S/C19H23N5O3S/c20-17(26)14-5-1-2-6-15(14)21-16(25)11-28-19-23-22-18(12-7-8-12)24(19)10-13-4-3-9-27-13/h1-2,5-6,12-13H,3-4,7-11H2,(H2,20,26)(H,21,25). The average Bonchev–Trinajstić information content (AvgIpc) is 3.24. The molecule has 1 aliphatic heterocycles. The smallest absolute Gasteiger partial charge is 0.250 e.